The summed E-state index contributed by atoms with van der Waals surface area (Å²) in [5.41, 5.74) is 15.3. The van der Waals surface area contributed by atoms with Crippen molar-refractivity contribution in [2.24, 2.45) is 17.6 Å². The summed E-state index contributed by atoms with van der Waals surface area (Å²) in [6.07, 6.45) is 10.9. The first kappa shape index (κ1) is 20.4. The van der Waals surface area contributed by atoms with Gasteiger partial charge in [-0.15, -0.1) is 0 Å². The van der Waals surface area contributed by atoms with Crippen LogP contribution in [0.15, 0.2) is 96.7 Å². The molecule has 6 rings (SSSR count). The van der Waals surface area contributed by atoms with Crippen molar-refractivity contribution in [3.8, 4) is 11.1 Å². The van der Waals surface area contributed by atoms with Gasteiger partial charge in [-0.25, -0.2) is 0 Å². The Morgan fingerprint density at radius 3 is 2.61 bits per heavy atom. The molecule has 0 radical (unpaired) electrons. The van der Waals surface area contributed by atoms with E-state index in [1.165, 1.54) is 39.9 Å². The van der Waals surface area contributed by atoms with Gasteiger partial charge in [0.25, 0.3) is 0 Å². The number of hydrogen-bond acceptors (Lipinski definition) is 2. The summed E-state index contributed by atoms with van der Waals surface area (Å²) >= 11 is 0. The van der Waals surface area contributed by atoms with Crippen LogP contribution in [0.2, 0.25) is 0 Å². The molecule has 1 heterocycles. The standard InChI is InChI=1S/C31H32N2/c1-21-22-14-15-24(19-22)31(23-9-3-2-4-10-23)28-12-6-5-11-26(28)27-17-16-25(20-29(27)31)33-30(21)13-7-8-18-32/h2-6,8-12,16-22,30,33H,7,13-15,32H2,1H3/b18-8-/t21-,22+,30?,31?/m0/s1. The Labute approximate surface area is 197 Å². The van der Waals surface area contributed by atoms with Crippen molar-refractivity contribution in [2.75, 3.05) is 5.32 Å². The maximum atomic E-state index is 5.63. The van der Waals surface area contributed by atoms with Gasteiger partial charge in [-0.1, -0.05) is 85.3 Å². The maximum absolute atomic E-state index is 5.63. The van der Waals surface area contributed by atoms with E-state index in [4.69, 9.17) is 5.73 Å². The van der Waals surface area contributed by atoms with Crippen molar-refractivity contribution >= 4 is 5.69 Å². The third kappa shape index (κ3) is 3.00. The smallest absolute Gasteiger partial charge is 0.0674 e. The lowest BCUT2D eigenvalue weighted by Crippen LogP contribution is -2.33. The summed E-state index contributed by atoms with van der Waals surface area (Å²) in [6.45, 7) is 2.43. The van der Waals surface area contributed by atoms with E-state index in [0.717, 1.165) is 19.3 Å². The van der Waals surface area contributed by atoms with Crippen LogP contribution in [0.3, 0.4) is 0 Å². The highest BCUT2D eigenvalue weighted by atomic mass is 14.9. The number of fused-ring (bicyclic) bond motifs is 6. The molecule has 2 unspecified atom stereocenters. The van der Waals surface area contributed by atoms with Crippen LogP contribution in [0.1, 0.15) is 49.3 Å². The number of nitrogens with two attached hydrogens (primary N) is 1. The predicted octanol–water partition coefficient (Wildman–Crippen LogP) is 7.02. The Morgan fingerprint density at radius 1 is 0.970 bits per heavy atom. The van der Waals surface area contributed by atoms with E-state index in [1.807, 2.05) is 0 Å². The predicted molar refractivity (Wildman–Crippen MR) is 138 cm³/mol. The van der Waals surface area contributed by atoms with Crippen LogP contribution in [0, 0.1) is 11.8 Å². The fourth-order valence-electron chi connectivity index (χ4n) is 6.73. The number of hydrogen-bond donors (Lipinski definition) is 2. The molecule has 2 aliphatic carbocycles. The van der Waals surface area contributed by atoms with Gasteiger partial charge in [-0.2, -0.15) is 0 Å². The minimum Gasteiger partial charge on any atom is -0.405 e. The molecule has 0 aromatic heterocycles. The minimum absolute atomic E-state index is 0.200. The zero-order chi connectivity index (χ0) is 22.4. The van der Waals surface area contributed by atoms with Crippen LogP contribution in [0.4, 0.5) is 5.69 Å². The molecule has 3 aromatic rings. The van der Waals surface area contributed by atoms with Gasteiger partial charge in [0.15, 0.2) is 0 Å². The van der Waals surface area contributed by atoms with Gasteiger partial charge in [-0.3, -0.25) is 0 Å². The number of rotatable bonds is 4. The second-order valence-electron chi connectivity index (χ2n) is 9.93. The first-order valence-corrected chi connectivity index (χ1v) is 12.4. The second-order valence-corrected chi connectivity index (χ2v) is 9.93. The molecule has 3 N–H and O–H groups in total. The lowest BCUT2D eigenvalue weighted by molar-refractivity contribution is 0.355. The van der Waals surface area contributed by atoms with E-state index in [-0.39, 0.29) is 5.41 Å². The van der Waals surface area contributed by atoms with E-state index in [0.29, 0.717) is 17.9 Å². The molecule has 4 bridgehead atoms. The topological polar surface area (TPSA) is 38.0 Å². The Kier molecular flexibility index (Phi) is 4.90. The minimum atomic E-state index is -0.200. The third-order valence-electron chi connectivity index (χ3n) is 8.34. The van der Waals surface area contributed by atoms with Crippen LogP contribution in [-0.4, -0.2) is 6.04 Å². The van der Waals surface area contributed by atoms with Crippen LogP contribution >= 0.6 is 0 Å². The highest BCUT2D eigenvalue weighted by molar-refractivity contribution is 5.87. The van der Waals surface area contributed by atoms with Gasteiger partial charge in [0.05, 0.1) is 5.41 Å². The SMILES string of the molecule is C[C@@H]1C(CC/C=C\N)Nc2ccc3c(c2)C(c2ccccc2)(C2=C[C@H]1CC2)c1ccccc1-3. The summed E-state index contributed by atoms with van der Waals surface area (Å²) in [5.74, 6) is 1.14. The third-order valence-corrected chi connectivity index (χ3v) is 8.34. The van der Waals surface area contributed by atoms with Crippen molar-refractivity contribution in [1.29, 1.82) is 0 Å². The lowest BCUT2D eigenvalue weighted by Gasteiger charge is -2.36. The molecule has 3 aliphatic rings. The van der Waals surface area contributed by atoms with Crippen molar-refractivity contribution in [2.45, 2.75) is 44.1 Å². The van der Waals surface area contributed by atoms with Crippen LogP contribution in [0.25, 0.3) is 11.1 Å². The molecule has 0 saturated heterocycles. The molecule has 33 heavy (non-hydrogen) atoms. The van der Waals surface area contributed by atoms with Gasteiger partial charge in [0.2, 0.25) is 0 Å². The van der Waals surface area contributed by atoms with Gasteiger partial charge in [0, 0.05) is 11.7 Å². The highest BCUT2D eigenvalue weighted by Gasteiger charge is 2.49. The first-order valence-electron chi connectivity index (χ1n) is 12.4. The van der Waals surface area contributed by atoms with Crippen LogP contribution in [-0.2, 0) is 5.41 Å². The molecule has 1 aliphatic heterocycles. The van der Waals surface area contributed by atoms with Crippen molar-refractivity contribution in [3.05, 3.63) is 113 Å². The van der Waals surface area contributed by atoms with E-state index in [2.05, 4.69) is 97.2 Å². The number of allylic oxidation sites excluding steroid dienone is 3. The Hall–Kier alpha value is -3.26. The number of anilines is 1. The van der Waals surface area contributed by atoms with Crippen LogP contribution < -0.4 is 11.1 Å². The quantitative estimate of drug-likeness (QED) is 0.435. The zero-order valence-corrected chi connectivity index (χ0v) is 19.3. The molecule has 4 atom stereocenters. The fourth-order valence-corrected chi connectivity index (χ4v) is 6.73. The van der Waals surface area contributed by atoms with Gasteiger partial charge < -0.3 is 11.1 Å². The van der Waals surface area contributed by atoms with Crippen molar-refractivity contribution in [1.82, 2.24) is 0 Å². The molecular formula is C31H32N2. The highest BCUT2D eigenvalue weighted by Crippen LogP contribution is 2.59. The van der Waals surface area contributed by atoms with Gasteiger partial charge in [-0.05, 0) is 83.7 Å². The Bertz CT molecular complexity index is 1240. The van der Waals surface area contributed by atoms with Gasteiger partial charge in [0.1, 0.15) is 0 Å². The normalized spacial score (nSPS) is 27.2. The largest absolute Gasteiger partial charge is 0.405 e. The zero-order valence-electron chi connectivity index (χ0n) is 19.3. The van der Waals surface area contributed by atoms with E-state index in [9.17, 15) is 0 Å². The fraction of sp³-hybridized carbons (Fsp3) is 0.290. The molecular weight excluding hydrogens is 400 g/mol. The molecule has 0 spiro atoms. The summed E-state index contributed by atoms with van der Waals surface area (Å²) < 4.78 is 0. The van der Waals surface area contributed by atoms with Gasteiger partial charge >= 0.3 is 0 Å². The summed E-state index contributed by atoms with van der Waals surface area (Å²) in [4.78, 5) is 0. The Balaban J connectivity index is 1.61. The van der Waals surface area contributed by atoms with Crippen molar-refractivity contribution in [3.63, 3.8) is 0 Å². The molecule has 0 fully saturated rings. The molecule has 0 saturated carbocycles. The number of nitrogens with one attached hydrogen (secondary N) is 1. The maximum Gasteiger partial charge on any atom is 0.0674 e. The summed E-state index contributed by atoms with van der Waals surface area (Å²) in [6, 6.07) is 27.8. The second kappa shape index (κ2) is 7.95. The van der Waals surface area contributed by atoms with E-state index in [1.54, 1.807) is 11.8 Å². The average Bonchev–Trinajstić information content (AvgIpc) is 3.45. The number of benzene rings is 3. The summed E-state index contributed by atoms with van der Waals surface area (Å²) in [5, 5.41) is 3.95. The Morgan fingerprint density at radius 2 is 1.76 bits per heavy atom. The monoisotopic (exact) mass is 432 g/mol. The first-order chi connectivity index (χ1) is 16.2. The average molecular weight is 433 g/mol. The molecule has 0 amide bonds. The molecule has 166 valence electrons. The van der Waals surface area contributed by atoms with E-state index < -0.39 is 0 Å². The van der Waals surface area contributed by atoms with Crippen molar-refractivity contribution < 1.29 is 0 Å². The summed E-state index contributed by atoms with van der Waals surface area (Å²) in [7, 11) is 0. The molecule has 3 aromatic carbocycles. The molecule has 2 nitrogen and oxygen atoms in total. The van der Waals surface area contributed by atoms with Crippen LogP contribution in [0.5, 0.6) is 0 Å². The van der Waals surface area contributed by atoms with E-state index >= 15 is 0 Å². The lowest BCUT2D eigenvalue weighted by atomic mass is 9.66. The molecule has 2 heteroatoms.